The molecule has 0 aliphatic rings. The minimum atomic E-state index is 1.09. The van der Waals surface area contributed by atoms with Gasteiger partial charge in [0.15, 0.2) is 0 Å². The predicted octanol–water partition coefficient (Wildman–Crippen LogP) is 18.3. The van der Waals surface area contributed by atoms with E-state index in [2.05, 4.69) is 241 Å². The summed E-state index contributed by atoms with van der Waals surface area (Å²) >= 11 is 1.87. The van der Waals surface area contributed by atoms with Crippen LogP contribution in [0.3, 0.4) is 0 Å². The van der Waals surface area contributed by atoms with Crippen LogP contribution in [0.15, 0.2) is 237 Å². The molecule has 2 heteroatoms. The molecule has 64 heavy (non-hydrogen) atoms. The lowest BCUT2D eigenvalue weighted by Crippen LogP contribution is -2.10. The van der Waals surface area contributed by atoms with E-state index in [-0.39, 0.29) is 0 Å². The van der Waals surface area contributed by atoms with E-state index < -0.39 is 0 Å². The molecule has 0 bridgehead atoms. The Bertz CT molecular complexity index is 3970. The summed E-state index contributed by atoms with van der Waals surface area (Å²) in [5.41, 5.74) is 10.5. The van der Waals surface area contributed by atoms with Gasteiger partial charge in [0.2, 0.25) is 0 Å². The summed E-state index contributed by atoms with van der Waals surface area (Å²) in [7, 11) is 0. The first-order valence-corrected chi connectivity index (χ1v) is 22.8. The van der Waals surface area contributed by atoms with Gasteiger partial charge in [-0.3, -0.25) is 0 Å². The van der Waals surface area contributed by atoms with E-state index in [4.69, 9.17) is 0 Å². The van der Waals surface area contributed by atoms with Gasteiger partial charge in [0, 0.05) is 37.2 Å². The molecule has 12 aromatic carbocycles. The van der Waals surface area contributed by atoms with Crippen molar-refractivity contribution in [2.45, 2.75) is 0 Å². The summed E-state index contributed by atoms with van der Waals surface area (Å²) in [5.74, 6) is 0. The molecule has 0 N–H and O–H groups in total. The Morgan fingerprint density at radius 3 is 1.59 bits per heavy atom. The number of rotatable bonds is 6. The van der Waals surface area contributed by atoms with E-state index >= 15 is 0 Å². The van der Waals surface area contributed by atoms with Gasteiger partial charge in [0.05, 0.1) is 0 Å². The van der Waals surface area contributed by atoms with Gasteiger partial charge in [0.1, 0.15) is 0 Å². The Balaban J connectivity index is 1.09. The van der Waals surface area contributed by atoms with Crippen LogP contribution in [0.5, 0.6) is 0 Å². The minimum Gasteiger partial charge on any atom is -0.310 e. The normalized spacial score (nSPS) is 11.8. The quantitative estimate of drug-likeness (QED) is 0.151. The summed E-state index contributed by atoms with van der Waals surface area (Å²) in [6.07, 6.45) is 0. The highest BCUT2D eigenvalue weighted by molar-refractivity contribution is 7.25. The Labute approximate surface area is 375 Å². The lowest BCUT2D eigenvalue weighted by Gasteiger charge is -2.28. The van der Waals surface area contributed by atoms with Gasteiger partial charge in [-0.2, -0.15) is 0 Å². The first-order valence-electron chi connectivity index (χ1n) is 22.0. The van der Waals surface area contributed by atoms with Gasteiger partial charge >= 0.3 is 0 Å². The molecule has 0 spiro atoms. The molecule has 0 atom stereocenters. The molecule has 0 aliphatic carbocycles. The second-order valence-corrected chi connectivity index (χ2v) is 18.0. The summed E-state index contributed by atoms with van der Waals surface area (Å²) < 4.78 is 2.59. The fourth-order valence-corrected chi connectivity index (χ4v) is 11.2. The molecule has 1 heterocycles. The second kappa shape index (κ2) is 14.8. The van der Waals surface area contributed by atoms with Gasteiger partial charge in [-0.15, -0.1) is 11.3 Å². The van der Waals surface area contributed by atoms with Gasteiger partial charge < -0.3 is 4.90 Å². The van der Waals surface area contributed by atoms with Gasteiger partial charge in [-0.1, -0.05) is 170 Å². The molecule has 1 nitrogen and oxygen atoms in total. The average Bonchev–Trinajstić information content (AvgIpc) is 3.72. The number of hydrogen-bond donors (Lipinski definition) is 0. The van der Waals surface area contributed by atoms with E-state index in [1.807, 2.05) is 11.3 Å². The number of nitrogens with zero attached hydrogens (tertiary/aromatic N) is 1. The van der Waals surface area contributed by atoms with Gasteiger partial charge in [-0.05, 0) is 154 Å². The van der Waals surface area contributed by atoms with Crippen LogP contribution in [-0.2, 0) is 0 Å². The topological polar surface area (TPSA) is 3.24 Å². The Hall–Kier alpha value is -8.04. The Morgan fingerprint density at radius 2 is 0.797 bits per heavy atom. The van der Waals surface area contributed by atoms with Crippen LogP contribution >= 0.6 is 11.3 Å². The largest absolute Gasteiger partial charge is 0.310 e. The van der Waals surface area contributed by atoms with Crippen LogP contribution in [-0.4, -0.2) is 0 Å². The molecule has 0 saturated heterocycles. The third-order valence-corrected chi connectivity index (χ3v) is 14.3. The van der Waals surface area contributed by atoms with Crippen molar-refractivity contribution in [3.05, 3.63) is 237 Å². The zero-order valence-electron chi connectivity index (χ0n) is 34.9. The van der Waals surface area contributed by atoms with Crippen LogP contribution in [0.2, 0.25) is 0 Å². The fraction of sp³-hybridized carbons (Fsp3) is 0. The van der Waals surface area contributed by atoms with Crippen LogP contribution < -0.4 is 4.90 Å². The fourth-order valence-electron chi connectivity index (χ4n) is 10.1. The van der Waals surface area contributed by atoms with Crippen LogP contribution in [0.4, 0.5) is 17.1 Å². The standard InChI is InChI=1S/C62H39NS/c1-2-15-41(16-3-1)56-37-48(28-30-53(56)47-27-26-40-14-4-5-17-42(40)32-47)63(49-29-31-61-60(38-49)59-34-43-18-6-7-19-44(43)36-62(59)64-61)50-33-45-20-8-11-23-52(45)58(39-50)57-35-46-21-9-10-22-51(46)54-24-12-13-25-55(54)57/h1-39H. The highest BCUT2D eigenvalue weighted by Gasteiger charge is 2.21. The lowest BCUT2D eigenvalue weighted by molar-refractivity contribution is 1.30. The Morgan fingerprint density at radius 1 is 0.234 bits per heavy atom. The summed E-state index contributed by atoms with van der Waals surface area (Å²) in [5, 5.41) is 15.0. The molecule has 13 rings (SSSR count). The van der Waals surface area contributed by atoms with Crippen molar-refractivity contribution in [3.8, 4) is 33.4 Å². The molecule has 0 saturated carbocycles. The number of anilines is 3. The maximum Gasteiger partial charge on any atom is 0.0474 e. The third kappa shape index (κ3) is 6.07. The molecule has 0 radical (unpaired) electrons. The maximum absolute atomic E-state index is 2.49. The van der Waals surface area contributed by atoms with E-state index in [9.17, 15) is 0 Å². The molecule has 0 fully saturated rings. The molecule has 1 aromatic heterocycles. The number of hydrogen-bond acceptors (Lipinski definition) is 2. The molecule has 0 unspecified atom stereocenters. The van der Waals surface area contributed by atoms with E-state index in [1.54, 1.807) is 0 Å². The van der Waals surface area contributed by atoms with Crippen molar-refractivity contribution < 1.29 is 0 Å². The predicted molar refractivity (Wildman–Crippen MR) is 278 cm³/mol. The summed E-state index contributed by atoms with van der Waals surface area (Å²) in [6.45, 7) is 0. The first-order chi connectivity index (χ1) is 31.7. The van der Waals surface area contributed by atoms with Gasteiger partial charge in [0.25, 0.3) is 0 Å². The Kier molecular flexibility index (Phi) is 8.47. The minimum absolute atomic E-state index is 1.09. The zero-order chi connectivity index (χ0) is 42.1. The molecule has 0 amide bonds. The van der Waals surface area contributed by atoms with E-state index in [0.717, 1.165) is 17.1 Å². The highest BCUT2D eigenvalue weighted by Crippen LogP contribution is 2.47. The van der Waals surface area contributed by atoms with Crippen molar-refractivity contribution >= 4 is 102 Å². The van der Waals surface area contributed by atoms with Crippen LogP contribution in [0.25, 0.3) is 107 Å². The van der Waals surface area contributed by atoms with Crippen LogP contribution in [0, 0.1) is 0 Å². The SMILES string of the molecule is c1ccc(-c2cc(N(c3cc(-c4cc5ccccc5c5ccccc45)c4ccccc4c3)c3ccc4sc5cc6ccccc6cc5c4c3)ccc2-c2ccc3ccccc3c2)cc1. The lowest BCUT2D eigenvalue weighted by atomic mass is 9.90. The van der Waals surface area contributed by atoms with Crippen molar-refractivity contribution in [1.82, 2.24) is 0 Å². The van der Waals surface area contributed by atoms with Crippen molar-refractivity contribution in [2.75, 3.05) is 4.90 Å². The van der Waals surface area contributed by atoms with Crippen molar-refractivity contribution in [3.63, 3.8) is 0 Å². The maximum atomic E-state index is 2.49. The zero-order valence-corrected chi connectivity index (χ0v) is 35.7. The molecule has 298 valence electrons. The van der Waals surface area contributed by atoms with E-state index in [0.29, 0.717) is 0 Å². The number of thiophene rings is 1. The summed E-state index contributed by atoms with van der Waals surface area (Å²) in [4.78, 5) is 2.49. The monoisotopic (exact) mass is 829 g/mol. The van der Waals surface area contributed by atoms with Crippen molar-refractivity contribution in [2.24, 2.45) is 0 Å². The average molecular weight is 830 g/mol. The smallest absolute Gasteiger partial charge is 0.0474 e. The van der Waals surface area contributed by atoms with E-state index in [1.165, 1.54) is 107 Å². The molecule has 13 aromatic rings. The molecule has 0 aliphatic heterocycles. The first kappa shape index (κ1) is 36.6. The second-order valence-electron chi connectivity index (χ2n) is 16.9. The number of benzene rings is 12. The van der Waals surface area contributed by atoms with Crippen molar-refractivity contribution in [1.29, 1.82) is 0 Å². The summed E-state index contributed by atoms with van der Waals surface area (Å²) in [6, 6.07) is 87.7. The molecular formula is C62H39NS. The van der Waals surface area contributed by atoms with Gasteiger partial charge in [-0.25, -0.2) is 0 Å². The van der Waals surface area contributed by atoms with Crippen LogP contribution in [0.1, 0.15) is 0 Å². The third-order valence-electron chi connectivity index (χ3n) is 13.1. The number of fused-ring (bicyclic) bond motifs is 9. The molecular weight excluding hydrogens is 791 g/mol. The highest BCUT2D eigenvalue weighted by atomic mass is 32.1.